The number of carbonyl (C=O) groups is 1. The quantitative estimate of drug-likeness (QED) is 0.619. The van der Waals surface area contributed by atoms with Crippen molar-refractivity contribution in [1.29, 1.82) is 0 Å². The topological polar surface area (TPSA) is 51.5 Å². The Morgan fingerprint density at radius 3 is 2.58 bits per heavy atom. The van der Waals surface area contributed by atoms with Crippen LogP contribution >= 0.6 is 23.2 Å². The highest BCUT2D eigenvalue weighted by atomic mass is 35.5. The second-order valence-corrected chi connectivity index (χ2v) is 7.09. The molecule has 0 spiro atoms. The molecule has 0 fully saturated rings. The van der Waals surface area contributed by atoms with Crippen LogP contribution in [-0.2, 0) is 0 Å². The number of benzene rings is 2. The normalized spacial score (nSPS) is 12.2. The molecule has 0 radical (unpaired) electrons. The molecule has 2 aromatic carbocycles. The van der Waals surface area contributed by atoms with Crippen LogP contribution in [0.3, 0.4) is 0 Å². The van der Waals surface area contributed by atoms with Gasteiger partial charge in [-0.1, -0.05) is 23.2 Å². The van der Waals surface area contributed by atoms with Crippen molar-refractivity contribution in [1.82, 2.24) is 5.32 Å². The first-order chi connectivity index (χ1) is 12.3. The first kappa shape index (κ1) is 18.6. The lowest BCUT2D eigenvalue weighted by Gasteiger charge is -2.15. The van der Waals surface area contributed by atoms with Crippen LogP contribution in [-0.4, -0.2) is 18.6 Å². The Kier molecular flexibility index (Phi) is 5.44. The van der Waals surface area contributed by atoms with Gasteiger partial charge in [0.1, 0.15) is 17.4 Å². The Balaban J connectivity index is 1.67. The number of ether oxygens (including phenoxy) is 1. The minimum Gasteiger partial charge on any atom is -0.489 e. The summed E-state index contributed by atoms with van der Waals surface area (Å²) in [5, 5.41) is 4.99. The fraction of sp³-hybridized carbons (Fsp3) is 0.250. The zero-order valence-electron chi connectivity index (χ0n) is 14.7. The molecule has 1 atom stereocenters. The summed E-state index contributed by atoms with van der Waals surface area (Å²) in [4.78, 5) is 12.5. The second kappa shape index (κ2) is 7.60. The molecular weight excluding hydrogens is 373 g/mol. The molecule has 26 heavy (non-hydrogen) atoms. The number of carbonyl (C=O) groups excluding carboxylic acids is 1. The lowest BCUT2D eigenvalue weighted by atomic mass is 10.1. The number of aryl methyl sites for hydroxylation is 2. The molecule has 4 nitrogen and oxygen atoms in total. The molecule has 1 unspecified atom stereocenters. The van der Waals surface area contributed by atoms with Crippen molar-refractivity contribution in [3.8, 4) is 5.75 Å². The van der Waals surface area contributed by atoms with Crippen LogP contribution in [0, 0.1) is 13.8 Å². The molecule has 1 N–H and O–H groups in total. The summed E-state index contributed by atoms with van der Waals surface area (Å²) in [7, 11) is 0. The van der Waals surface area contributed by atoms with Gasteiger partial charge in [-0.15, -0.1) is 0 Å². The Labute approximate surface area is 162 Å². The Hall–Kier alpha value is -2.17. The van der Waals surface area contributed by atoms with Gasteiger partial charge in [0.25, 0.3) is 5.91 Å². The Morgan fingerprint density at radius 1 is 1.19 bits per heavy atom. The van der Waals surface area contributed by atoms with Crippen LogP contribution in [0.2, 0.25) is 10.0 Å². The molecule has 1 amide bonds. The number of fused-ring (bicyclic) bond motifs is 1. The molecule has 0 bridgehead atoms. The fourth-order valence-corrected chi connectivity index (χ4v) is 2.95. The minimum atomic E-state index is -0.279. The maximum atomic E-state index is 12.5. The highest BCUT2D eigenvalue weighted by Gasteiger charge is 2.19. The van der Waals surface area contributed by atoms with E-state index in [-0.39, 0.29) is 12.0 Å². The molecule has 6 heteroatoms. The molecule has 136 valence electrons. The summed E-state index contributed by atoms with van der Waals surface area (Å²) in [6.07, 6.45) is -0.207. The number of furan rings is 1. The summed E-state index contributed by atoms with van der Waals surface area (Å²) >= 11 is 12.0. The number of halogens is 2. The molecule has 0 aliphatic rings. The van der Waals surface area contributed by atoms with Crippen molar-refractivity contribution < 1.29 is 13.9 Å². The number of rotatable bonds is 5. The third-order valence-corrected chi connectivity index (χ3v) is 4.78. The zero-order valence-corrected chi connectivity index (χ0v) is 16.2. The lowest BCUT2D eigenvalue weighted by molar-refractivity contribution is 0.0906. The van der Waals surface area contributed by atoms with Crippen LogP contribution in [0.15, 0.2) is 40.8 Å². The molecule has 0 aliphatic heterocycles. The van der Waals surface area contributed by atoms with Gasteiger partial charge in [0.15, 0.2) is 5.76 Å². The van der Waals surface area contributed by atoms with E-state index < -0.39 is 0 Å². The molecule has 0 saturated heterocycles. The Bertz CT molecular complexity index is 948. The predicted molar refractivity (Wildman–Crippen MR) is 105 cm³/mol. The smallest absolute Gasteiger partial charge is 0.287 e. The average Bonchev–Trinajstić information content (AvgIpc) is 2.91. The lowest BCUT2D eigenvalue weighted by Crippen LogP contribution is -2.33. The number of amides is 1. The van der Waals surface area contributed by atoms with Crippen LogP contribution in [0.5, 0.6) is 5.75 Å². The summed E-state index contributed by atoms with van der Waals surface area (Å²) in [6, 6.07) is 10.8. The summed E-state index contributed by atoms with van der Waals surface area (Å²) in [5.74, 6) is 0.709. The van der Waals surface area contributed by atoms with E-state index in [4.69, 9.17) is 32.4 Å². The first-order valence-corrected chi connectivity index (χ1v) is 9.00. The van der Waals surface area contributed by atoms with Gasteiger partial charge in [0.05, 0.1) is 6.54 Å². The van der Waals surface area contributed by atoms with E-state index in [0.29, 0.717) is 33.7 Å². The third kappa shape index (κ3) is 3.97. The van der Waals surface area contributed by atoms with Crippen molar-refractivity contribution in [2.24, 2.45) is 0 Å². The molecule has 3 rings (SSSR count). The Morgan fingerprint density at radius 2 is 1.88 bits per heavy atom. The number of hydrogen-bond acceptors (Lipinski definition) is 3. The molecule has 1 aromatic heterocycles. The maximum absolute atomic E-state index is 12.5. The summed E-state index contributed by atoms with van der Waals surface area (Å²) in [6.45, 7) is 5.97. The molecule has 0 saturated carbocycles. The average molecular weight is 392 g/mol. The van der Waals surface area contributed by atoms with E-state index in [2.05, 4.69) is 5.32 Å². The monoisotopic (exact) mass is 391 g/mol. The van der Waals surface area contributed by atoms with E-state index in [9.17, 15) is 4.79 Å². The highest BCUT2D eigenvalue weighted by Crippen LogP contribution is 2.30. The van der Waals surface area contributed by atoms with Crippen LogP contribution < -0.4 is 10.1 Å². The van der Waals surface area contributed by atoms with Gasteiger partial charge in [-0.3, -0.25) is 4.79 Å². The fourth-order valence-electron chi connectivity index (χ4n) is 2.66. The largest absolute Gasteiger partial charge is 0.489 e. The number of nitrogens with one attached hydrogen (secondary N) is 1. The molecule has 3 aromatic rings. The van der Waals surface area contributed by atoms with E-state index in [1.807, 2.05) is 32.9 Å². The maximum Gasteiger partial charge on any atom is 0.287 e. The highest BCUT2D eigenvalue weighted by molar-refractivity contribution is 6.32. The van der Waals surface area contributed by atoms with Gasteiger partial charge < -0.3 is 14.5 Å². The molecule has 0 aliphatic carbocycles. The van der Waals surface area contributed by atoms with Gasteiger partial charge in [-0.05, 0) is 62.7 Å². The minimum absolute atomic E-state index is 0.207. The van der Waals surface area contributed by atoms with Crippen LogP contribution in [0.1, 0.15) is 28.6 Å². The molecular formula is C20H19Cl2NO3. The van der Waals surface area contributed by atoms with Gasteiger partial charge in [0.2, 0.25) is 0 Å². The standard InChI is InChI=1S/C20H19Cl2NO3/c1-11-8-18-16(9-17(11)22)13(3)19(26-18)20(24)23-10-12(2)25-15-6-4-14(21)5-7-15/h4-9,12H,10H2,1-3H3,(H,23,24). The van der Waals surface area contributed by atoms with Crippen LogP contribution in [0.4, 0.5) is 0 Å². The van der Waals surface area contributed by atoms with Crippen molar-refractivity contribution in [2.45, 2.75) is 26.9 Å². The van der Waals surface area contributed by atoms with Crippen molar-refractivity contribution in [2.75, 3.05) is 6.54 Å². The summed E-state index contributed by atoms with van der Waals surface area (Å²) in [5.41, 5.74) is 2.33. The predicted octanol–water partition coefficient (Wildman–Crippen LogP) is 5.55. The molecule has 1 heterocycles. The first-order valence-electron chi connectivity index (χ1n) is 8.25. The van der Waals surface area contributed by atoms with E-state index in [0.717, 1.165) is 16.5 Å². The van der Waals surface area contributed by atoms with Crippen molar-refractivity contribution in [3.63, 3.8) is 0 Å². The van der Waals surface area contributed by atoms with Gasteiger partial charge in [0, 0.05) is 21.0 Å². The van der Waals surface area contributed by atoms with Gasteiger partial charge in [-0.2, -0.15) is 0 Å². The number of hydrogen-bond donors (Lipinski definition) is 1. The van der Waals surface area contributed by atoms with E-state index >= 15 is 0 Å². The SMILES string of the molecule is Cc1cc2oc(C(=O)NCC(C)Oc3ccc(Cl)cc3)c(C)c2cc1Cl. The van der Waals surface area contributed by atoms with E-state index in [1.165, 1.54) is 0 Å². The van der Waals surface area contributed by atoms with Crippen LogP contribution in [0.25, 0.3) is 11.0 Å². The van der Waals surface area contributed by atoms with Gasteiger partial charge >= 0.3 is 0 Å². The third-order valence-electron chi connectivity index (χ3n) is 4.12. The summed E-state index contributed by atoms with van der Waals surface area (Å²) < 4.78 is 11.5. The zero-order chi connectivity index (χ0) is 18.8. The van der Waals surface area contributed by atoms with E-state index in [1.54, 1.807) is 24.3 Å². The van der Waals surface area contributed by atoms with Crippen molar-refractivity contribution in [3.05, 3.63) is 63.3 Å². The van der Waals surface area contributed by atoms with Crippen molar-refractivity contribution >= 4 is 40.1 Å². The second-order valence-electron chi connectivity index (χ2n) is 6.25. The van der Waals surface area contributed by atoms with Gasteiger partial charge in [-0.25, -0.2) is 0 Å².